The van der Waals surface area contributed by atoms with Crippen molar-refractivity contribution in [2.75, 3.05) is 13.2 Å². The van der Waals surface area contributed by atoms with Gasteiger partial charge < -0.3 is 9.47 Å². The van der Waals surface area contributed by atoms with Crippen LogP contribution in [0.2, 0.25) is 0 Å². The monoisotopic (exact) mass is 520 g/mol. The summed E-state index contributed by atoms with van der Waals surface area (Å²) in [6.07, 6.45) is 8.25. The van der Waals surface area contributed by atoms with Crippen LogP contribution in [0.1, 0.15) is 107 Å². The molecule has 2 heterocycles. The number of piperidine rings is 2. The topological polar surface area (TPSA) is 68.3 Å². The third-order valence-electron chi connectivity index (χ3n) is 7.71. The highest BCUT2D eigenvalue weighted by atomic mass is 16.7. The van der Waals surface area contributed by atoms with Crippen LogP contribution in [0.25, 0.3) is 0 Å². The summed E-state index contributed by atoms with van der Waals surface area (Å²) in [5, 5.41) is 2.02. The minimum Gasteiger partial charge on any atom is -0.462 e. The third-order valence-corrected chi connectivity index (χ3v) is 7.71. The Morgan fingerprint density at radius 2 is 1.14 bits per heavy atom. The van der Waals surface area contributed by atoms with Crippen LogP contribution in [0, 0.1) is 0 Å². The van der Waals surface area contributed by atoms with Gasteiger partial charge in [-0.25, -0.2) is 0 Å². The van der Waals surface area contributed by atoms with E-state index in [0.29, 0.717) is 45.1 Å². The fourth-order valence-electron chi connectivity index (χ4n) is 6.69. The minimum atomic E-state index is -0.273. The predicted molar refractivity (Wildman–Crippen MR) is 148 cm³/mol. The second kappa shape index (κ2) is 12.4. The average Bonchev–Trinajstić information content (AvgIpc) is 2.71. The van der Waals surface area contributed by atoms with E-state index < -0.39 is 0 Å². The molecule has 0 saturated carbocycles. The fraction of sp³-hybridized carbons (Fsp3) is 0.800. The van der Waals surface area contributed by atoms with E-state index >= 15 is 0 Å². The molecule has 0 aromatic heterocycles. The van der Waals surface area contributed by atoms with Crippen LogP contribution in [0.3, 0.4) is 0 Å². The SMILES string of the molecule is C=CCON1C(C)(C)CC(OC(=O)CCCCC(=O)OC2CC(C)(C)N(CC=C)C(C)(C)C2)CC1(C)C. The first-order chi connectivity index (χ1) is 17.0. The Bertz CT molecular complexity index is 781. The fourth-order valence-corrected chi connectivity index (χ4v) is 6.69. The zero-order valence-corrected chi connectivity index (χ0v) is 24.7. The Morgan fingerprint density at radius 1 is 0.730 bits per heavy atom. The van der Waals surface area contributed by atoms with E-state index in [0.717, 1.165) is 19.4 Å². The third kappa shape index (κ3) is 8.66. The summed E-state index contributed by atoms with van der Waals surface area (Å²) in [7, 11) is 0. The molecule has 2 rings (SSSR count). The molecular formula is C30H52N2O5. The zero-order valence-electron chi connectivity index (χ0n) is 24.7. The number of ether oxygens (including phenoxy) is 2. The van der Waals surface area contributed by atoms with Crippen molar-refractivity contribution in [2.24, 2.45) is 0 Å². The lowest BCUT2D eigenvalue weighted by molar-refractivity contribution is -0.287. The van der Waals surface area contributed by atoms with Crippen molar-refractivity contribution in [2.45, 2.75) is 141 Å². The minimum absolute atomic E-state index is 0.0816. The summed E-state index contributed by atoms with van der Waals surface area (Å²) < 4.78 is 11.7. The average molecular weight is 521 g/mol. The number of likely N-dealkylation sites (tertiary alicyclic amines) is 1. The molecule has 37 heavy (non-hydrogen) atoms. The lowest BCUT2D eigenvalue weighted by Crippen LogP contribution is -2.62. The van der Waals surface area contributed by atoms with E-state index in [2.05, 4.69) is 73.4 Å². The largest absolute Gasteiger partial charge is 0.462 e. The first-order valence-electron chi connectivity index (χ1n) is 13.9. The van der Waals surface area contributed by atoms with Gasteiger partial charge in [-0.2, -0.15) is 5.06 Å². The molecule has 2 aliphatic rings. The Hall–Kier alpha value is -1.70. The van der Waals surface area contributed by atoms with Gasteiger partial charge in [0, 0.05) is 67.2 Å². The zero-order chi connectivity index (χ0) is 28.1. The number of rotatable bonds is 12. The Labute approximate surface area is 225 Å². The lowest BCUT2D eigenvalue weighted by atomic mass is 9.78. The molecule has 2 saturated heterocycles. The van der Waals surface area contributed by atoms with Crippen molar-refractivity contribution in [3.63, 3.8) is 0 Å². The molecule has 0 aromatic carbocycles. The Morgan fingerprint density at radius 3 is 1.51 bits per heavy atom. The van der Waals surface area contributed by atoms with Gasteiger partial charge in [-0.3, -0.25) is 19.3 Å². The van der Waals surface area contributed by atoms with E-state index in [4.69, 9.17) is 14.3 Å². The molecule has 212 valence electrons. The maximum Gasteiger partial charge on any atom is 0.306 e. The second-order valence-electron chi connectivity index (χ2n) is 13.3. The van der Waals surface area contributed by atoms with Crippen molar-refractivity contribution in [3.8, 4) is 0 Å². The van der Waals surface area contributed by atoms with Gasteiger partial charge in [0.15, 0.2) is 0 Å². The van der Waals surface area contributed by atoms with E-state index in [1.165, 1.54) is 0 Å². The molecule has 0 unspecified atom stereocenters. The molecular weight excluding hydrogens is 468 g/mol. The number of unbranched alkanes of at least 4 members (excludes halogenated alkanes) is 1. The molecule has 0 amide bonds. The molecule has 0 bridgehead atoms. The molecule has 0 spiro atoms. The molecule has 0 aromatic rings. The number of hydrogen-bond donors (Lipinski definition) is 0. The van der Waals surface area contributed by atoms with Crippen LogP contribution in [0.15, 0.2) is 25.3 Å². The first kappa shape index (κ1) is 31.5. The van der Waals surface area contributed by atoms with Crippen LogP contribution in [-0.2, 0) is 23.9 Å². The van der Waals surface area contributed by atoms with Crippen LogP contribution in [0.5, 0.6) is 0 Å². The Kier molecular flexibility index (Phi) is 10.6. The van der Waals surface area contributed by atoms with Crippen LogP contribution in [-0.4, -0.2) is 69.4 Å². The van der Waals surface area contributed by atoms with E-state index in [-0.39, 0.29) is 46.3 Å². The van der Waals surface area contributed by atoms with Crippen LogP contribution < -0.4 is 0 Å². The van der Waals surface area contributed by atoms with Gasteiger partial charge >= 0.3 is 11.9 Å². The van der Waals surface area contributed by atoms with Gasteiger partial charge in [0.25, 0.3) is 0 Å². The van der Waals surface area contributed by atoms with E-state index in [1.54, 1.807) is 6.08 Å². The molecule has 7 heteroatoms. The summed E-state index contributed by atoms with van der Waals surface area (Å²) in [6.45, 7) is 26.1. The highest BCUT2D eigenvalue weighted by molar-refractivity contribution is 5.71. The molecule has 7 nitrogen and oxygen atoms in total. The summed E-state index contributed by atoms with van der Waals surface area (Å²) in [4.78, 5) is 33.5. The predicted octanol–water partition coefficient (Wildman–Crippen LogP) is 5.98. The first-order valence-corrected chi connectivity index (χ1v) is 13.9. The molecule has 0 N–H and O–H groups in total. The summed E-state index contributed by atoms with van der Waals surface area (Å²) >= 11 is 0. The number of hydroxylamine groups is 2. The summed E-state index contributed by atoms with van der Waals surface area (Å²) in [5.41, 5.74) is -0.710. The summed E-state index contributed by atoms with van der Waals surface area (Å²) in [6, 6.07) is 0. The molecule has 0 atom stereocenters. The smallest absolute Gasteiger partial charge is 0.306 e. The van der Waals surface area contributed by atoms with E-state index in [9.17, 15) is 9.59 Å². The number of hydrogen-bond acceptors (Lipinski definition) is 7. The van der Waals surface area contributed by atoms with Crippen molar-refractivity contribution >= 4 is 11.9 Å². The maximum absolute atomic E-state index is 12.6. The maximum atomic E-state index is 12.6. The molecule has 2 fully saturated rings. The van der Waals surface area contributed by atoms with Gasteiger partial charge in [0.2, 0.25) is 0 Å². The Balaban J connectivity index is 1.76. The van der Waals surface area contributed by atoms with Crippen molar-refractivity contribution in [1.82, 2.24) is 9.96 Å². The highest BCUT2D eigenvalue weighted by Crippen LogP contribution is 2.41. The number of carbonyl (C=O) groups is 2. The molecule has 2 aliphatic heterocycles. The lowest BCUT2D eigenvalue weighted by Gasteiger charge is -2.54. The van der Waals surface area contributed by atoms with Crippen LogP contribution in [0.4, 0.5) is 0 Å². The molecule has 0 radical (unpaired) electrons. The second-order valence-corrected chi connectivity index (χ2v) is 13.3. The van der Waals surface area contributed by atoms with E-state index in [1.807, 2.05) is 11.1 Å². The number of nitrogens with zero attached hydrogens (tertiary/aromatic N) is 2. The van der Waals surface area contributed by atoms with Gasteiger partial charge in [-0.05, 0) is 68.2 Å². The van der Waals surface area contributed by atoms with Crippen molar-refractivity contribution < 1.29 is 23.9 Å². The van der Waals surface area contributed by atoms with Gasteiger partial charge in [0.1, 0.15) is 12.2 Å². The molecule has 0 aliphatic carbocycles. The van der Waals surface area contributed by atoms with Gasteiger partial charge in [0.05, 0.1) is 6.61 Å². The number of esters is 2. The van der Waals surface area contributed by atoms with Gasteiger partial charge in [-0.1, -0.05) is 12.2 Å². The highest BCUT2D eigenvalue weighted by Gasteiger charge is 2.48. The number of carbonyl (C=O) groups excluding carboxylic acids is 2. The van der Waals surface area contributed by atoms with Crippen molar-refractivity contribution in [1.29, 1.82) is 0 Å². The standard InChI is InChI=1S/C30H52N2O5/c1-11-17-31-27(3,4)19-23(20-28(31,5)6)36-25(33)15-13-14-16-26(34)37-24-21-29(7,8)32(35-18-12-2)30(9,10)22-24/h11-12,23-24H,1-2,13-22H2,3-10H3. The summed E-state index contributed by atoms with van der Waals surface area (Å²) in [5.74, 6) is -0.388. The van der Waals surface area contributed by atoms with Crippen molar-refractivity contribution in [3.05, 3.63) is 25.3 Å². The quantitative estimate of drug-likeness (QED) is 0.178. The van der Waals surface area contributed by atoms with Gasteiger partial charge in [-0.15, -0.1) is 13.2 Å². The van der Waals surface area contributed by atoms with Crippen LogP contribution >= 0.6 is 0 Å². The normalized spacial score (nSPS) is 23.8.